The predicted molar refractivity (Wildman–Crippen MR) is 137 cm³/mol. The molecule has 0 atom stereocenters. The van der Waals surface area contributed by atoms with Crippen LogP contribution in [0.25, 0.3) is 33.8 Å². The molecular weight excluding hydrogens is 454 g/mol. The fourth-order valence-electron chi connectivity index (χ4n) is 3.93. The Bertz CT molecular complexity index is 1580. The Morgan fingerprint density at radius 3 is 2.17 bits per heavy atom. The molecule has 0 spiro atoms. The largest absolute Gasteiger partial charge is 0.416 e. The van der Waals surface area contributed by atoms with Crippen LogP contribution >= 0.6 is 0 Å². The summed E-state index contributed by atoms with van der Waals surface area (Å²) in [6.07, 6.45) is 0. The van der Waals surface area contributed by atoms with Gasteiger partial charge in [-0.3, -0.25) is 9.59 Å². The first-order valence-electron chi connectivity index (χ1n) is 11.7. The SMILES string of the molecule is Cc1ccc(-c2nnc(-c3ccc(C(=O)N(Cc4nc5ccccc5c(=O)[nH]4)C(C)C)cc3)o2)cc1. The van der Waals surface area contributed by atoms with E-state index in [9.17, 15) is 9.59 Å². The maximum absolute atomic E-state index is 13.4. The van der Waals surface area contributed by atoms with E-state index in [-0.39, 0.29) is 24.1 Å². The molecule has 0 bridgehead atoms. The summed E-state index contributed by atoms with van der Waals surface area (Å²) >= 11 is 0. The average molecular weight is 480 g/mol. The van der Waals surface area contributed by atoms with Gasteiger partial charge < -0.3 is 14.3 Å². The van der Waals surface area contributed by atoms with Crippen molar-refractivity contribution in [2.75, 3.05) is 0 Å². The molecule has 5 aromatic rings. The summed E-state index contributed by atoms with van der Waals surface area (Å²) in [5, 5.41) is 8.83. The van der Waals surface area contributed by atoms with Crippen molar-refractivity contribution in [1.29, 1.82) is 0 Å². The molecular formula is C28H25N5O3. The highest BCUT2D eigenvalue weighted by molar-refractivity contribution is 5.94. The molecule has 2 aromatic heterocycles. The number of benzene rings is 3. The van der Waals surface area contributed by atoms with Crippen LogP contribution in [0.4, 0.5) is 0 Å². The molecule has 5 rings (SSSR count). The van der Waals surface area contributed by atoms with Gasteiger partial charge in [0, 0.05) is 22.7 Å². The fourth-order valence-corrected chi connectivity index (χ4v) is 3.93. The van der Waals surface area contributed by atoms with Crippen molar-refractivity contribution in [1.82, 2.24) is 25.1 Å². The molecule has 0 aliphatic heterocycles. The van der Waals surface area contributed by atoms with Crippen LogP contribution in [0.2, 0.25) is 0 Å². The molecule has 0 fully saturated rings. The Labute approximate surface area is 207 Å². The Kier molecular flexibility index (Phi) is 6.16. The van der Waals surface area contributed by atoms with Gasteiger partial charge in [-0.1, -0.05) is 29.8 Å². The first-order valence-corrected chi connectivity index (χ1v) is 11.7. The van der Waals surface area contributed by atoms with Gasteiger partial charge >= 0.3 is 0 Å². The number of hydrogen-bond acceptors (Lipinski definition) is 6. The molecule has 0 aliphatic rings. The number of aromatic nitrogens is 4. The van der Waals surface area contributed by atoms with Crippen molar-refractivity contribution in [2.24, 2.45) is 0 Å². The van der Waals surface area contributed by atoms with Gasteiger partial charge in [-0.25, -0.2) is 4.98 Å². The topological polar surface area (TPSA) is 105 Å². The molecule has 0 radical (unpaired) electrons. The summed E-state index contributed by atoms with van der Waals surface area (Å²) in [5.74, 6) is 1.08. The van der Waals surface area contributed by atoms with E-state index in [1.807, 2.05) is 51.1 Å². The van der Waals surface area contributed by atoms with Crippen molar-refractivity contribution in [3.05, 3.63) is 100 Å². The molecule has 2 heterocycles. The van der Waals surface area contributed by atoms with Crippen LogP contribution in [0.3, 0.4) is 0 Å². The van der Waals surface area contributed by atoms with Crippen LogP contribution in [0.15, 0.2) is 82.0 Å². The number of fused-ring (bicyclic) bond motifs is 1. The minimum Gasteiger partial charge on any atom is -0.416 e. The van der Waals surface area contributed by atoms with Crippen LogP contribution in [0.5, 0.6) is 0 Å². The van der Waals surface area contributed by atoms with Gasteiger partial charge in [0.1, 0.15) is 5.82 Å². The quantitative estimate of drug-likeness (QED) is 0.367. The minimum absolute atomic E-state index is 0.109. The molecule has 0 saturated carbocycles. The minimum atomic E-state index is -0.222. The summed E-state index contributed by atoms with van der Waals surface area (Å²) in [6, 6.07) is 21.9. The van der Waals surface area contributed by atoms with E-state index in [2.05, 4.69) is 20.2 Å². The maximum atomic E-state index is 13.4. The lowest BCUT2D eigenvalue weighted by Gasteiger charge is -2.26. The van der Waals surface area contributed by atoms with Gasteiger partial charge in [0.05, 0.1) is 17.4 Å². The summed E-state index contributed by atoms with van der Waals surface area (Å²) in [4.78, 5) is 34.8. The third kappa shape index (κ3) is 4.65. The third-order valence-corrected chi connectivity index (χ3v) is 5.97. The highest BCUT2D eigenvalue weighted by Crippen LogP contribution is 2.25. The van der Waals surface area contributed by atoms with Gasteiger partial charge in [-0.05, 0) is 69.3 Å². The van der Waals surface area contributed by atoms with Gasteiger partial charge in [0.25, 0.3) is 11.5 Å². The van der Waals surface area contributed by atoms with Gasteiger partial charge in [-0.15, -0.1) is 10.2 Å². The number of aryl methyl sites for hydroxylation is 1. The van der Waals surface area contributed by atoms with E-state index in [0.717, 1.165) is 11.1 Å². The Hall–Kier alpha value is -4.59. The Morgan fingerprint density at radius 1 is 0.917 bits per heavy atom. The first-order chi connectivity index (χ1) is 17.4. The van der Waals surface area contributed by atoms with Crippen molar-refractivity contribution >= 4 is 16.8 Å². The molecule has 3 aromatic carbocycles. The molecule has 180 valence electrons. The summed E-state index contributed by atoms with van der Waals surface area (Å²) < 4.78 is 5.85. The normalized spacial score (nSPS) is 11.2. The number of carbonyl (C=O) groups excluding carboxylic acids is 1. The second kappa shape index (κ2) is 9.58. The number of nitrogens with zero attached hydrogens (tertiary/aromatic N) is 4. The van der Waals surface area contributed by atoms with Gasteiger partial charge in [0.2, 0.25) is 11.8 Å². The monoisotopic (exact) mass is 479 g/mol. The first kappa shape index (κ1) is 23.2. The highest BCUT2D eigenvalue weighted by Gasteiger charge is 2.21. The molecule has 1 amide bonds. The zero-order valence-corrected chi connectivity index (χ0v) is 20.2. The second-order valence-corrected chi connectivity index (χ2v) is 8.91. The van der Waals surface area contributed by atoms with E-state index in [4.69, 9.17) is 4.42 Å². The standard InChI is InChI=1S/C28H25N5O3/c1-17(2)33(16-24-29-23-7-5-4-6-22(23)25(34)30-24)28(35)21-14-12-20(13-15-21)27-32-31-26(36-27)19-10-8-18(3)9-11-19/h4-15,17H,16H2,1-3H3,(H,29,30,34). The number of nitrogens with one attached hydrogen (secondary N) is 1. The molecule has 0 aliphatic carbocycles. The van der Waals surface area contributed by atoms with Crippen molar-refractivity contribution < 1.29 is 9.21 Å². The number of rotatable bonds is 6. The van der Waals surface area contributed by atoms with Crippen molar-refractivity contribution in [3.8, 4) is 22.9 Å². The number of aromatic amines is 1. The lowest BCUT2D eigenvalue weighted by Crippen LogP contribution is -2.37. The number of para-hydroxylation sites is 1. The Morgan fingerprint density at radius 2 is 1.53 bits per heavy atom. The van der Waals surface area contributed by atoms with E-state index in [1.165, 1.54) is 0 Å². The number of carbonyl (C=O) groups is 1. The third-order valence-electron chi connectivity index (χ3n) is 5.97. The van der Waals surface area contributed by atoms with E-state index >= 15 is 0 Å². The average Bonchev–Trinajstić information content (AvgIpc) is 3.38. The summed E-state index contributed by atoms with van der Waals surface area (Å²) in [6.45, 7) is 6.05. The molecule has 0 unspecified atom stereocenters. The highest BCUT2D eigenvalue weighted by atomic mass is 16.4. The van der Waals surface area contributed by atoms with Crippen LogP contribution in [-0.2, 0) is 6.54 Å². The summed E-state index contributed by atoms with van der Waals surface area (Å²) in [5.41, 5.74) is 3.60. The van der Waals surface area contributed by atoms with Crippen LogP contribution < -0.4 is 5.56 Å². The molecule has 8 nitrogen and oxygen atoms in total. The fraction of sp³-hybridized carbons (Fsp3) is 0.179. The lowest BCUT2D eigenvalue weighted by molar-refractivity contribution is 0.0685. The van der Waals surface area contributed by atoms with Gasteiger partial charge in [-0.2, -0.15) is 0 Å². The van der Waals surface area contributed by atoms with Crippen LogP contribution in [0, 0.1) is 6.92 Å². The molecule has 8 heteroatoms. The Balaban J connectivity index is 1.36. The lowest BCUT2D eigenvalue weighted by atomic mass is 10.1. The molecule has 0 saturated heterocycles. The second-order valence-electron chi connectivity index (χ2n) is 8.91. The van der Waals surface area contributed by atoms with Crippen molar-refractivity contribution in [3.63, 3.8) is 0 Å². The molecule has 1 N–H and O–H groups in total. The zero-order valence-electron chi connectivity index (χ0n) is 20.2. The van der Waals surface area contributed by atoms with Crippen molar-refractivity contribution in [2.45, 2.75) is 33.4 Å². The number of amides is 1. The van der Waals surface area contributed by atoms with E-state index < -0.39 is 0 Å². The molecule has 36 heavy (non-hydrogen) atoms. The van der Waals surface area contributed by atoms with Gasteiger partial charge in [0.15, 0.2) is 0 Å². The maximum Gasteiger partial charge on any atom is 0.258 e. The summed E-state index contributed by atoms with van der Waals surface area (Å²) in [7, 11) is 0. The predicted octanol–water partition coefficient (Wildman–Crippen LogP) is 5.00. The zero-order chi connectivity index (χ0) is 25.2. The smallest absolute Gasteiger partial charge is 0.258 e. The van der Waals surface area contributed by atoms with E-state index in [1.54, 1.807) is 47.4 Å². The number of hydrogen-bond donors (Lipinski definition) is 1. The van der Waals surface area contributed by atoms with Crippen LogP contribution in [0.1, 0.15) is 35.6 Å². The van der Waals surface area contributed by atoms with Crippen LogP contribution in [-0.4, -0.2) is 37.0 Å². The number of H-pyrrole nitrogens is 1. The van der Waals surface area contributed by atoms with E-state index in [0.29, 0.717) is 39.6 Å².